The van der Waals surface area contributed by atoms with E-state index in [1.807, 2.05) is 0 Å². The Kier molecular flexibility index (Phi) is 11.5. The van der Waals surface area contributed by atoms with Gasteiger partial charge in [0.15, 0.2) is 0 Å². The lowest BCUT2D eigenvalue weighted by Gasteiger charge is -2.12. The first-order valence-electron chi connectivity index (χ1n) is 9.43. The van der Waals surface area contributed by atoms with Crippen LogP contribution in [0.2, 0.25) is 10.0 Å². The Balaban J connectivity index is 0.000000340. The molecule has 0 heterocycles. The fourth-order valence-corrected chi connectivity index (χ4v) is 2.73. The Hall–Kier alpha value is -3.14. The lowest BCUT2D eigenvalue weighted by Crippen LogP contribution is -2.23. The van der Waals surface area contributed by atoms with E-state index in [0.29, 0.717) is 0 Å². The first-order chi connectivity index (χ1) is 15.9. The van der Waals surface area contributed by atoms with Crippen molar-refractivity contribution in [1.82, 2.24) is 0 Å². The van der Waals surface area contributed by atoms with E-state index in [4.69, 9.17) is 55.1 Å². The van der Waals surface area contributed by atoms with Crippen molar-refractivity contribution >= 4 is 57.3 Å². The minimum absolute atomic E-state index is 0.0251. The number of nitrogens with one attached hydrogen (secondary N) is 2. The van der Waals surface area contributed by atoms with Crippen LogP contribution in [-0.4, -0.2) is 68.8 Å². The predicted molar refractivity (Wildman–Crippen MR) is 128 cm³/mol. The highest BCUT2D eigenvalue weighted by molar-refractivity contribution is 6.34. The Labute approximate surface area is 203 Å². The number of hydrogen-bond acceptors (Lipinski definition) is 12. The number of nitrogens with two attached hydrogens (primary N) is 2. The second kappa shape index (κ2) is 13.5. The van der Waals surface area contributed by atoms with Gasteiger partial charge >= 0.3 is 0 Å². The fraction of sp³-hybridized carbons (Fsp3) is 0.333. The van der Waals surface area contributed by atoms with Gasteiger partial charge in [-0.1, -0.05) is 23.2 Å². The van der Waals surface area contributed by atoms with Crippen LogP contribution in [0.4, 0.5) is 34.1 Å². The molecule has 0 amide bonds. The zero-order valence-corrected chi connectivity index (χ0v) is 19.0. The number of aliphatic hydroxyl groups is 4. The smallest absolute Gasteiger partial charge is 0.294 e. The Bertz CT molecular complexity index is 1010. The second-order valence-corrected chi connectivity index (χ2v) is 7.54. The molecule has 2 aromatic carbocycles. The Morgan fingerprint density at radius 2 is 1.29 bits per heavy atom. The van der Waals surface area contributed by atoms with Crippen LogP contribution in [0, 0.1) is 20.2 Å². The third-order valence-electron chi connectivity index (χ3n) is 4.10. The third kappa shape index (κ3) is 8.66. The van der Waals surface area contributed by atoms with Gasteiger partial charge < -0.3 is 42.5 Å². The molecule has 0 radical (unpaired) electrons. The van der Waals surface area contributed by atoms with Crippen molar-refractivity contribution in [2.45, 2.75) is 12.2 Å². The van der Waals surface area contributed by atoms with E-state index in [-0.39, 0.29) is 57.3 Å². The maximum Gasteiger partial charge on any atom is 0.294 e. The number of hydrogen-bond donors (Lipinski definition) is 8. The highest BCUT2D eigenvalue weighted by atomic mass is 35.5. The molecule has 0 aliphatic carbocycles. The zero-order valence-electron chi connectivity index (χ0n) is 17.5. The van der Waals surface area contributed by atoms with E-state index in [1.165, 1.54) is 18.2 Å². The molecule has 0 aliphatic rings. The summed E-state index contributed by atoms with van der Waals surface area (Å²) in [6.07, 6.45) is -1.98. The molecule has 16 heteroatoms. The average molecular weight is 523 g/mol. The number of halogens is 2. The number of benzene rings is 2. The first-order valence-corrected chi connectivity index (χ1v) is 10.2. The standard InChI is InChI=1S/2C9H12ClN3O4/c10-6-1-8(12-3-5(15)4-14)9(13(16)17)2-7(6)11;10-6-1-7(11)9(13(16)17)2-8(6)12-3-5(15)4-14/h2*1-2,5,12,14-15H,3-4,11H2. The minimum atomic E-state index is -1.01. The Morgan fingerprint density at radius 3 is 1.76 bits per heavy atom. The summed E-state index contributed by atoms with van der Waals surface area (Å²) in [5.41, 5.74) is 10.9. The van der Waals surface area contributed by atoms with Gasteiger partial charge in [0.2, 0.25) is 0 Å². The summed E-state index contributed by atoms with van der Waals surface area (Å²) in [7, 11) is 0. The van der Waals surface area contributed by atoms with Gasteiger partial charge in [0.05, 0.1) is 56.7 Å². The molecule has 0 aromatic heterocycles. The van der Waals surface area contributed by atoms with Crippen molar-refractivity contribution in [3.05, 3.63) is 54.5 Å². The van der Waals surface area contributed by atoms with Gasteiger partial charge in [0.1, 0.15) is 11.4 Å². The summed E-state index contributed by atoms with van der Waals surface area (Å²) in [6, 6.07) is 4.88. The summed E-state index contributed by atoms with van der Waals surface area (Å²) in [4.78, 5) is 20.2. The van der Waals surface area contributed by atoms with Crippen LogP contribution in [0.1, 0.15) is 0 Å². The van der Waals surface area contributed by atoms with Gasteiger partial charge in [-0.2, -0.15) is 0 Å². The van der Waals surface area contributed by atoms with E-state index in [0.717, 1.165) is 6.07 Å². The lowest BCUT2D eigenvalue weighted by atomic mass is 10.2. The van der Waals surface area contributed by atoms with E-state index < -0.39 is 35.3 Å². The number of nitro groups is 2. The van der Waals surface area contributed by atoms with Crippen LogP contribution in [0.25, 0.3) is 0 Å². The largest absolute Gasteiger partial charge is 0.397 e. The molecular formula is C18H24Cl2N6O8. The zero-order chi connectivity index (χ0) is 26.0. The maximum absolute atomic E-state index is 10.8. The molecule has 2 aromatic rings. The summed E-state index contributed by atoms with van der Waals surface area (Å²) >= 11 is 11.6. The number of anilines is 4. The summed E-state index contributed by atoms with van der Waals surface area (Å²) in [5.74, 6) is 0. The van der Waals surface area contributed by atoms with Crippen LogP contribution in [0.3, 0.4) is 0 Å². The number of nitrogen functional groups attached to an aromatic ring is 2. The van der Waals surface area contributed by atoms with E-state index in [2.05, 4.69) is 10.6 Å². The molecule has 2 unspecified atom stereocenters. The molecule has 0 aliphatic heterocycles. The third-order valence-corrected chi connectivity index (χ3v) is 4.74. The molecule has 0 saturated carbocycles. The molecule has 14 nitrogen and oxygen atoms in total. The van der Waals surface area contributed by atoms with Crippen LogP contribution in [-0.2, 0) is 0 Å². The number of aliphatic hydroxyl groups excluding tert-OH is 4. The van der Waals surface area contributed by atoms with Gasteiger partial charge in [-0.05, 0) is 12.1 Å². The van der Waals surface area contributed by atoms with Gasteiger partial charge in [0, 0.05) is 25.2 Å². The van der Waals surface area contributed by atoms with Crippen LogP contribution in [0.5, 0.6) is 0 Å². The van der Waals surface area contributed by atoms with Gasteiger partial charge in [-0.15, -0.1) is 0 Å². The fourth-order valence-electron chi connectivity index (χ4n) is 2.33. The highest BCUT2D eigenvalue weighted by Gasteiger charge is 2.17. The molecule has 0 saturated heterocycles. The average Bonchev–Trinajstić information content (AvgIpc) is 2.78. The van der Waals surface area contributed by atoms with Crippen molar-refractivity contribution in [3.8, 4) is 0 Å². The minimum Gasteiger partial charge on any atom is -0.397 e. The quantitative estimate of drug-likeness (QED) is 0.124. The van der Waals surface area contributed by atoms with Crippen molar-refractivity contribution < 1.29 is 30.3 Å². The number of nitrogens with zero attached hydrogens (tertiary/aromatic N) is 2. The van der Waals surface area contributed by atoms with Gasteiger partial charge in [-0.25, -0.2) is 0 Å². The summed E-state index contributed by atoms with van der Waals surface area (Å²) in [6.45, 7) is -0.861. The van der Waals surface area contributed by atoms with Crippen molar-refractivity contribution in [3.63, 3.8) is 0 Å². The number of nitro benzene ring substituents is 2. The molecular weight excluding hydrogens is 499 g/mol. The first kappa shape index (κ1) is 28.9. The second-order valence-electron chi connectivity index (χ2n) is 6.73. The van der Waals surface area contributed by atoms with Gasteiger partial charge in [-0.3, -0.25) is 20.2 Å². The highest BCUT2D eigenvalue weighted by Crippen LogP contribution is 2.33. The van der Waals surface area contributed by atoms with Crippen molar-refractivity contribution in [1.29, 1.82) is 0 Å². The number of rotatable bonds is 10. The van der Waals surface area contributed by atoms with Gasteiger partial charge in [0.25, 0.3) is 11.4 Å². The molecule has 188 valence electrons. The van der Waals surface area contributed by atoms with Crippen molar-refractivity contribution in [2.24, 2.45) is 0 Å². The van der Waals surface area contributed by atoms with Crippen LogP contribution >= 0.6 is 23.2 Å². The molecule has 0 fully saturated rings. The molecule has 10 N–H and O–H groups in total. The molecule has 0 bridgehead atoms. The molecule has 34 heavy (non-hydrogen) atoms. The molecule has 2 rings (SSSR count). The SMILES string of the molecule is Nc1cc(Cl)c(NCC(O)CO)cc1[N+](=O)[O-].Nc1cc([N+](=O)[O-])c(NCC(O)CO)cc1Cl. The Morgan fingerprint density at radius 1 is 0.794 bits per heavy atom. The van der Waals surface area contributed by atoms with E-state index in [1.54, 1.807) is 0 Å². The summed E-state index contributed by atoms with van der Waals surface area (Å²) in [5, 5.41) is 62.6. The predicted octanol–water partition coefficient (Wildman–Crippen LogP) is 1.19. The normalized spacial score (nSPS) is 12.2. The topological polar surface area (TPSA) is 243 Å². The monoisotopic (exact) mass is 522 g/mol. The van der Waals surface area contributed by atoms with E-state index in [9.17, 15) is 20.2 Å². The maximum atomic E-state index is 10.8. The molecule has 2 atom stereocenters. The van der Waals surface area contributed by atoms with Crippen molar-refractivity contribution in [2.75, 3.05) is 48.4 Å². The van der Waals surface area contributed by atoms with Crippen LogP contribution < -0.4 is 22.1 Å². The lowest BCUT2D eigenvalue weighted by molar-refractivity contribution is -0.384. The van der Waals surface area contributed by atoms with E-state index >= 15 is 0 Å². The summed E-state index contributed by atoms with van der Waals surface area (Å²) < 4.78 is 0. The van der Waals surface area contributed by atoms with Crippen LogP contribution in [0.15, 0.2) is 24.3 Å². The molecule has 0 spiro atoms.